The maximum atomic E-state index is 12.6. The Kier molecular flexibility index (Phi) is 4.73. The highest BCUT2D eigenvalue weighted by molar-refractivity contribution is 7.07. The molecule has 0 bridgehead atoms. The molecule has 1 saturated heterocycles. The summed E-state index contributed by atoms with van der Waals surface area (Å²) in [5, 5.41) is 1.96. The molecule has 0 saturated carbocycles. The van der Waals surface area contributed by atoms with Crippen LogP contribution in [-0.2, 0) is 6.61 Å². The number of piperidine rings is 1. The van der Waals surface area contributed by atoms with Crippen molar-refractivity contribution in [1.29, 1.82) is 0 Å². The van der Waals surface area contributed by atoms with Crippen LogP contribution in [0.2, 0.25) is 0 Å². The Morgan fingerprint density at radius 3 is 2.95 bits per heavy atom. The van der Waals surface area contributed by atoms with Crippen molar-refractivity contribution < 1.29 is 9.53 Å². The third-order valence-corrected chi connectivity index (χ3v) is 4.66. The minimum Gasteiger partial charge on any atom is -0.487 e. The lowest BCUT2D eigenvalue weighted by Gasteiger charge is -2.30. The number of aromatic nitrogens is 1. The first-order chi connectivity index (χ1) is 10.7. The zero-order valence-electron chi connectivity index (χ0n) is 12.7. The van der Waals surface area contributed by atoms with Gasteiger partial charge in [0, 0.05) is 24.0 Å². The predicted octanol–water partition coefficient (Wildman–Crippen LogP) is 3.59. The highest BCUT2D eigenvalue weighted by Crippen LogP contribution is 2.21. The van der Waals surface area contributed by atoms with Gasteiger partial charge in [0.1, 0.15) is 12.4 Å². The van der Waals surface area contributed by atoms with E-state index in [2.05, 4.69) is 11.9 Å². The Morgan fingerprint density at radius 2 is 2.23 bits per heavy atom. The van der Waals surface area contributed by atoms with Gasteiger partial charge in [0.05, 0.1) is 11.2 Å². The monoisotopic (exact) mass is 316 g/mol. The average Bonchev–Trinajstić information content (AvgIpc) is 3.07. The molecule has 1 aromatic heterocycles. The molecule has 0 spiro atoms. The van der Waals surface area contributed by atoms with Gasteiger partial charge in [-0.05, 0) is 37.0 Å². The van der Waals surface area contributed by atoms with E-state index in [0.29, 0.717) is 17.9 Å². The van der Waals surface area contributed by atoms with Gasteiger partial charge in [-0.1, -0.05) is 13.0 Å². The third-order valence-electron chi connectivity index (χ3n) is 4.02. The molecule has 0 N–H and O–H groups in total. The summed E-state index contributed by atoms with van der Waals surface area (Å²) in [5.41, 5.74) is 3.40. The van der Waals surface area contributed by atoms with Crippen molar-refractivity contribution in [2.75, 3.05) is 13.1 Å². The van der Waals surface area contributed by atoms with E-state index in [0.717, 1.165) is 37.5 Å². The summed E-state index contributed by atoms with van der Waals surface area (Å²) in [7, 11) is 0. The molecule has 22 heavy (non-hydrogen) atoms. The van der Waals surface area contributed by atoms with Crippen molar-refractivity contribution in [2.24, 2.45) is 5.92 Å². The Hall–Kier alpha value is -1.88. The van der Waals surface area contributed by atoms with Crippen LogP contribution < -0.4 is 4.74 Å². The number of benzene rings is 1. The van der Waals surface area contributed by atoms with E-state index in [1.165, 1.54) is 0 Å². The number of rotatable bonds is 4. The van der Waals surface area contributed by atoms with Crippen LogP contribution in [0.25, 0.3) is 0 Å². The van der Waals surface area contributed by atoms with Gasteiger partial charge in [0.2, 0.25) is 0 Å². The predicted molar refractivity (Wildman–Crippen MR) is 87.2 cm³/mol. The number of hydrogen-bond donors (Lipinski definition) is 0. The van der Waals surface area contributed by atoms with Crippen LogP contribution in [0.1, 0.15) is 35.8 Å². The zero-order valence-corrected chi connectivity index (χ0v) is 13.5. The van der Waals surface area contributed by atoms with Gasteiger partial charge in [0.25, 0.3) is 5.91 Å². The summed E-state index contributed by atoms with van der Waals surface area (Å²) < 4.78 is 5.72. The number of likely N-dealkylation sites (tertiary alicyclic amines) is 1. The summed E-state index contributed by atoms with van der Waals surface area (Å²) in [6.45, 7) is 4.38. The van der Waals surface area contributed by atoms with E-state index in [1.54, 1.807) is 16.8 Å². The molecule has 1 aromatic carbocycles. The van der Waals surface area contributed by atoms with Crippen LogP contribution in [0.3, 0.4) is 0 Å². The van der Waals surface area contributed by atoms with Crippen LogP contribution in [0, 0.1) is 5.92 Å². The number of nitrogens with zero attached hydrogens (tertiary/aromatic N) is 2. The Labute approximate surface area is 134 Å². The maximum Gasteiger partial charge on any atom is 0.253 e. The number of carbonyl (C=O) groups is 1. The summed E-state index contributed by atoms with van der Waals surface area (Å²) in [4.78, 5) is 18.7. The standard InChI is InChI=1S/C17H20N2O2S/c1-13-5-7-19(8-6-13)17(20)14-3-2-4-16(9-14)21-10-15-11-22-12-18-15/h2-4,9,11-13H,5-8,10H2,1H3. The van der Waals surface area contributed by atoms with E-state index < -0.39 is 0 Å². The SMILES string of the molecule is CC1CCN(C(=O)c2cccc(OCc3cscn3)c2)CC1. The summed E-state index contributed by atoms with van der Waals surface area (Å²) >= 11 is 1.55. The highest BCUT2D eigenvalue weighted by atomic mass is 32.1. The maximum absolute atomic E-state index is 12.6. The molecule has 1 fully saturated rings. The second kappa shape index (κ2) is 6.92. The number of carbonyl (C=O) groups excluding carboxylic acids is 1. The molecule has 1 amide bonds. The van der Waals surface area contributed by atoms with Crippen molar-refractivity contribution in [3.8, 4) is 5.75 Å². The molecule has 1 aliphatic heterocycles. The van der Waals surface area contributed by atoms with Crippen LogP contribution in [0.5, 0.6) is 5.75 Å². The van der Waals surface area contributed by atoms with Crippen molar-refractivity contribution in [1.82, 2.24) is 9.88 Å². The number of hydrogen-bond acceptors (Lipinski definition) is 4. The quantitative estimate of drug-likeness (QED) is 0.865. The molecule has 0 atom stereocenters. The van der Waals surface area contributed by atoms with Gasteiger partial charge in [-0.2, -0.15) is 0 Å². The fourth-order valence-electron chi connectivity index (χ4n) is 2.58. The largest absolute Gasteiger partial charge is 0.487 e. The molecular formula is C17H20N2O2S. The normalized spacial score (nSPS) is 15.8. The molecule has 0 unspecified atom stereocenters. The molecule has 2 aromatic rings. The van der Waals surface area contributed by atoms with Crippen LogP contribution >= 0.6 is 11.3 Å². The van der Waals surface area contributed by atoms with Crippen LogP contribution in [0.4, 0.5) is 0 Å². The lowest BCUT2D eigenvalue weighted by molar-refractivity contribution is 0.0696. The molecule has 1 aliphatic rings. The fourth-order valence-corrected chi connectivity index (χ4v) is 3.12. The van der Waals surface area contributed by atoms with E-state index in [1.807, 2.05) is 34.5 Å². The van der Waals surface area contributed by atoms with Crippen molar-refractivity contribution in [3.63, 3.8) is 0 Å². The summed E-state index contributed by atoms with van der Waals surface area (Å²) in [5.74, 6) is 1.53. The Balaban J connectivity index is 1.64. The molecular weight excluding hydrogens is 296 g/mol. The summed E-state index contributed by atoms with van der Waals surface area (Å²) in [6.07, 6.45) is 2.18. The second-order valence-corrected chi connectivity index (χ2v) is 6.49. The van der Waals surface area contributed by atoms with Gasteiger partial charge in [-0.25, -0.2) is 4.98 Å². The number of thiazole rings is 1. The lowest BCUT2D eigenvalue weighted by Crippen LogP contribution is -2.37. The van der Waals surface area contributed by atoms with E-state index in [4.69, 9.17) is 4.74 Å². The van der Waals surface area contributed by atoms with E-state index in [-0.39, 0.29) is 5.91 Å². The Bertz CT molecular complexity index is 619. The molecule has 3 rings (SSSR count). The topological polar surface area (TPSA) is 42.4 Å². The molecule has 0 radical (unpaired) electrons. The molecule has 2 heterocycles. The third kappa shape index (κ3) is 3.65. The van der Waals surface area contributed by atoms with Crippen molar-refractivity contribution in [2.45, 2.75) is 26.4 Å². The molecule has 5 heteroatoms. The van der Waals surface area contributed by atoms with Gasteiger partial charge in [-0.3, -0.25) is 4.79 Å². The van der Waals surface area contributed by atoms with Crippen molar-refractivity contribution in [3.05, 3.63) is 46.4 Å². The van der Waals surface area contributed by atoms with Crippen LogP contribution in [0.15, 0.2) is 35.2 Å². The van der Waals surface area contributed by atoms with E-state index in [9.17, 15) is 4.79 Å². The number of amides is 1. The average molecular weight is 316 g/mol. The Morgan fingerprint density at radius 1 is 1.41 bits per heavy atom. The first-order valence-electron chi connectivity index (χ1n) is 7.61. The van der Waals surface area contributed by atoms with Gasteiger partial charge >= 0.3 is 0 Å². The second-order valence-electron chi connectivity index (χ2n) is 5.77. The van der Waals surface area contributed by atoms with Crippen molar-refractivity contribution >= 4 is 17.2 Å². The zero-order chi connectivity index (χ0) is 15.4. The fraction of sp³-hybridized carbons (Fsp3) is 0.412. The summed E-state index contributed by atoms with van der Waals surface area (Å²) in [6, 6.07) is 7.43. The lowest BCUT2D eigenvalue weighted by atomic mass is 9.98. The minimum absolute atomic E-state index is 0.103. The first-order valence-corrected chi connectivity index (χ1v) is 8.56. The van der Waals surface area contributed by atoms with Crippen LogP contribution in [-0.4, -0.2) is 28.9 Å². The minimum atomic E-state index is 0.103. The highest BCUT2D eigenvalue weighted by Gasteiger charge is 2.21. The number of ether oxygens (including phenoxy) is 1. The van der Waals surface area contributed by atoms with E-state index >= 15 is 0 Å². The van der Waals surface area contributed by atoms with Gasteiger partial charge in [-0.15, -0.1) is 11.3 Å². The molecule has 4 nitrogen and oxygen atoms in total. The first kappa shape index (κ1) is 15.0. The molecule has 0 aliphatic carbocycles. The van der Waals surface area contributed by atoms with Gasteiger partial charge in [0.15, 0.2) is 0 Å². The van der Waals surface area contributed by atoms with Gasteiger partial charge < -0.3 is 9.64 Å². The smallest absolute Gasteiger partial charge is 0.253 e. The molecule has 116 valence electrons.